The summed E-state index contributed by atoms with van der Waals surface area (Å²) >= 11 is 7.96. The number of halogens is 1. The van der Waals surface area contributed by atoms with E-state index in [1.54, 1.807) is 0 Å². The molecule has 0 spiro atoms. The van der Waals surface area contributed by atoms with Crippen molar-refractivity contribution in [1.82, 2.24) is 10.2 Å². The van der Waals surface area contributed by atoms with Gasteiger partial charge >= 0.3 is 0 Å². The average Bonchev–Trinajstić information content (AvgIpc) is 3.11. The molecular formula is C19H27ClN2O2S. The molecule has 1 atom stereocenters. The molecule has 1 unspecified atom stereocenters. The zero-order valence-electron chi connectivity index (χ0n) is 15.0. The summed E-state index contributed by atoms with van der Waals surface area (Å²) in [5, 5.41) is 3.94. The van der Waals surface area contributed by atoms with Crippen molar-refractivity contribution in [2.45, 2.75) is 31.2 Å². The minimum Gasteiger partial charge on any atom is -0.379 e. The maximum atomic E-state index is 12.9. The normalized spacial score (nSPS) is 25.1. The molecule has 0 saturated carbocycles. The molecule has 1 N–H and O–H groups in total. The molecule has 0 aliphatic carbocycles. The minimum atomic E-state index is -0.581. The highest BCUT2D eigenvalue weighted by molar-refractivity contribution is 7.99. The van der Waals surface area contributed by atoms with E-state index in [0.29, 0.717) is 11.6 Å². The lowest BCUT2D eigenvalue weighted by molar-refractivity contribution is -0.126. The lowest BCUT2D eigenvalue weighted by atomic mass is 9.83. The van der Waals surface area contributed by atoms with Crippen molar-refractivity contribution >= 4 is 29.3 Å². The first-order chi connectivity index (χ1) is 11.9. The predicted octanol–water partition coefficient (Wildman–Crippen LogP) is 2.94. The molecule has 0 radical (unpaired) electrons. The van der Waals surface area contributed by atoms with Crippen molar-refractivity contribution in [3.8, 4) is 0 Å². The number of carbonyl (C=O) groups excluding carboxylic acids is 1. The number of ether oxygens (including phenoxy) is 1. The number of hydrogen-bond acceptors (Lipinski definition) is 4. The van der Waals surface area contributed by atoms with Gasteiger partial charge in [-0.2, -0.15) is 11.8 Å². The number of amides is 1. The third-order valence-electron chi connectivity index (χ3n) is 5.48. The number of rotatable bonds is 5. The van der Waals surface area contributed by atoms with Crippen LogP contribution in [0.25, 0.3) is 0 Å². The molecule has 25 heavy (non-hydrogen) atoms. The quantitative estimate of drug-likeness (QED) is 0.850. The first-order valence-electron chi connectivity index (χ1n) is 8.89. The summed E-state index contributed by atoms with van der Waals surface area (Å²) < 4.78 is 5.51. The molecule has 1 amide bonds. The van der Waals surface area contributed by atoms with Crippen LogP contribution in [-0.4, -0.2) is 60.7 Å². The van der Waals surface area contributed by atoms with Crippen LogP contribution in [0.5, 0.6) is 0 Å². The topological polar surface area (TPSA) is 41.6 Å². The van der Waals surface area contributed by atoms with E-state index in [9.17, 15) is 4.79 Å². The highest BCUT2D eigenvalue weighted by Gasteiger charge is 2.42. The zero-order chi connectivity index (χ0) is 17.9. The third-order valence-corrected chi connectivity index (χ3v) is 6.96. The maximum absolute atomic E-state index is 12.9. The molecular weight excluding hydrogens is 356 g/mol. The summed E-state index contributed by atoms with van der Waals surface area (Å²) in [7, 11) is 0. The standard InChI is InChI=1S/C19H27ClN2O2S/c1-18(2,15-3-5-16(20)6-4-15)17(23)21-13-19(7-12-25-14-19)22-8-10-24-11-9-22/h3-6H,7-14H2,1-2H3,(H,21,23). The summed E-state index contributed by atoms with van der Waals surface area (Å²) in [5.41, 5.74) is 0.471. The van der Waals surface area contributed by atoms with Crippen molar-refractivity contribution in [2.75, 3.05) is 44.4 Å². The van der Waals surface area contributed by atoms with Crippen molar-refractivity contribution in [2.24, 2.45) is 0 Å². The Kier molecular flexibility index (Phi) is 5.99. The fourth-order valence-electron chi connectivity index (χ4n) is 3.60. The lowest BCUT2D eigenvalue weighted by Gasteiger charge is -2.43. The number of nitrogens with one attached hydrogen (secondary N) is 1. The third kappa shape index (κ3) is 4.16. The van der Waals surface area contributed by atoms with Crippen LogP contribution in [-0.2, 0) is 14.9 Å². The molecule has 4 nitrogen and oxygen atoms in total. The maximum Gasteiger partial charge on any atom is 0.230 e. The molecule has 0 bridgehead atoms. The highest BCUT2D eigenvalue weighted by Crippen LogP contribution is 2.34. The second-order valence-electron chi connectivity index (χ2n) is 7.44. The SMILES string of the molecule is CC(C)(C(=O)NCC1(N2CCOCC2)CCSC1)c1ccc(Cl)cc1. The summed E-state index contributed by atoms with van der Waals surface area (Å²) in [4.78, 5) is 15.5. The van der Waals surface area contributed by atoms with Crippen molar-refractivity contribution in [3.63, 3.8) is 0 Å². The molecule has 2 heterocycles. The van der Waals surface area contributed by atoms with Crippen molar-refractivity contribution < 1.29 is 9.53 Å². The van der Waals surface area contributed by atoms with Crippen LogP contribution >= 0.6 is 23.4 Å². The Labute approximate surface area is 159 Å². The van der Waals surface area contributed by atoms with Crippen LogP contribution in [0.2, 0.25) is 5.02 Å². The number of nitrogens with zero attached hydrogens (tertiary/aromatic N) is 1. The number of benzene rings is 1. The van der Waals surface area contributed by atoms with E-state index in [-0.39, 0.29) is 11.4 Å². The Morgan fingerprint density at radius 2 is 2.00 bits per heavy atom. The van der Waals surface area contributed by atoms with Crippen LogP contribution in [0.4, 0.5) is 0 Å². The van der Waals surface area contributed by atoms with Gasteiger partial charge in [0, 0.05) is 35.9 Å². The van der Waals surface area contributed by atoms with Crippen LogP contribution in [0, 0.1) is 0 Å². The molecule has 2 aliphatic rings. The number of thioether (sulfide) groups is 1. The Balaban J connectivity index is 1.67. The van der Waals surface area contributed by atoms with Gasteiger partial charge in [0.05, 0.1) is 18.6 Å². The summed E-state index contributed by atoms with van der Waals surface area (Å²) in [5.74, 6) is 2.31. The van der Waals surface area contributed by atoms with Gasteiger partial charge in [0.1, 0.15) is 0 Å². The van der Waals surface area contributed by atoms with Gasteiger partial charge in [0.15, 0.2) is 0 Å². The Morgan fingerprint density at radius 3 is 2.60 bits per heavy atom. The molecule has 3 rings (SSSR count). The van der Waals surface area contributed by atoms with Gasteiger partial charge in [-0.25, -0.2) is 0 Å². The largest absolute Gasteiger partial charge is 0.379 e. The molecule has 2 fully saturated rings. The molecule has 2 aliphatic heterocycles. The molecule has 1 aromatic carbocycles. The van der Waals surface area contributed by atoms with E-state index in [2.05, 4.69) is 10.2 Å². The monoisotopic (exact) mass is 382 g/mol. The summed E-state index contributed by atoms with van der Waals surface area (Å²) in [6, 6.07) is 7.56. The van der Waals surface area contributed by atoms with E-state index in [1.165, 1.54) is 0 Å². The van der Waals surface area contributed by atoms with Crippen LogP contribution in [0.3, 0.4) is 0 Å². The van der Waals surface area contributed by atoms with Crippen molar-refractivity contribution in [3.05, 3.63) is 34.9 Å². The van der Waals surface area contributed by atoms with Crippen LogP contribution < -0.4 is 5.32 Å². The second kappa shape index (κ2) is 7.87. The van der Waals surface area contributed by atoms with E-state index >= 15 is 0 Å². The minimum absolute atomic E-state index is 0.0688. The smallest absolute Gasteiger partial charge is 0.230 e. The Morgan fingerprint density at radius 1 is 1.32 bits per heavy atom. The summed E-state index contributed by atoms with van der Waals surface area (Å²) in [6.45, 7) is 8.13. The predicted molar refractivity (Wildman–Crippen MR) is 105 cm³/mol. The van der Waals surface area contributed by atoms with Gasteiger partial charge in [0.25, 0.3) is 0 Å². The lowest BCUT2D eigenvalue weighted by Crippen LogP contribution is -2.60. The summed E-state index contributed by atoms with van der Waals surface area (Å²) in [6.07, 6.45) is 1.12. The molecule has 2 saturated heterocycles. The van der Waals surface area contributed by atoms with E-state index < -0.39 is 5.41 Å². The van der Waals surface area contributed by atoms with Gasteiger partial charge < -0.3 is 10.1 Å². The molecule has 138 valence electrons. The Bertz CT molecular complexity index is 594. The second-order valence-corrected chi connectivity index (χ2v) is 8.98. The zero-order valence-corrected chi connectivity index (χ0v) is 16.6. The molecule has 0 aromatic heterocycles. The van der Waals surface area contributed by atoms with Gasteiger partial charge in [0.2, 0.25) is 5.91 Å². The molecule has 6 heteroatoms. The van der Waals surface area contributed by atoms with E-state index in [4.69, 9.17) is 16.3 Å². The fourth-order valence-corrected chi connectivity index (χ4v) is 5.20. The van der Waals surface area contributed by atoms with E-state index in [1.807, 2.05) is 49.9 Å². The Hall–Kier alpha value is -0.750. The van der Waals surface area contributed by atoms with Crippen LogP contribution in [0.15, 0.2) is 24.3 Å². The fraction of sp³-hybridized carbons (Fsp3) is 0.632. The number of carbonyl (C=O) groups is 1. The van der Waals surface area contributed by atoms with Gasteiger partial charge in [-0.3, -0.25) is 9.69 Å². The van der Waals surface area contributed by atoms with Crippen molar-refractivity contribution in [1.29, 1.82) is 0 Å². The first-order valence-corrected chi connectivity index (χ1v) is 10.4. The van der Waals surface area contributed by atoms with Gasteiger partial charge in [-0.15, -0.1) is 0 Å². The molecule has 1 aromatic rings. The van der Waals surface area contributed by atoms with Gasteiger partial charge in [-0.05, 0) is 43.7 Å². The van der Waals surface area contributed by atoms with E-state index in [0.717, 1.165) is 49.8 Å². The van der Waals surface area contributed by atoms with Gasteiger partial charge in [-0.1, -0.05) is 23.7 Å². The number of morpholine rings is 1. The highest BCUT2D eigenvalue weighted by atomic mass is 35.5. The van der Waals surface area contributed by atoms with Crippen LogP contribution in [0.1, 0.15) is 25.8 Å². The first kappa shape index (κ1) is 19.0. The average molecular weight is 383 g/mol. The number of hydrogen-bond donors (Lipinski definition) is 1.